The van der Waals surface area contributed by atoms with Crippen LogP contribution in [0.2, 0.25) is 0 Å². The second kappa shape index (κ2) is 9.04. The van der Waals surface area contributed by atoms with Gasteiger partial charge in [-0.25, -0.2) is 4.79 Å². The molecule has 0 aliphatic heterocycles. The van der Waals surface area contributed by atoms with E-state index in [0.717, 1.165) is 18.4 Å². The number of ether oxygens (including phenoxy) is 2. The molecule has 3 nitrogen and oxygen atoms in total. The summed E-state index contributed by atoms with van der Waals surface area (Å²) in [6.07, 6.45) is 9.26. The molecule has 1 saturated carbocycles. The second-order valence-corrected chi connectivity index (χ2v) is 6.38. The van der Waals surface area contributed by atoms with E-state index in [1.807, 2.05) is 40.7 Å². The molecule has 0 spiro atoms. The Hall–Kier alpha value is -1.09. The zero-order chi connectivity index (χ0) is 15.8. The zero-order valence-corrected chi connectivity index (χ0v) is 14.1. The molecule has 0 amide bonds. The normalized spacial score (nSPS) is 18.5. The van der Waals surface area contributed by atoms with Crippen molar-refractivity contribution in [1.82, 2.24) is 0 Å². The highest BCUT2D eigenvalue weighted by Crippen LogP contribution is 2.24. The van der Waals surface area contributed by atoms with Crippen molar-refractivity contribution in [3.8, 4) is 0 Å². The van der Waals surface area contributed by atoms with Crippen molar-refractivity contribution >= 4 is 5.97 Å². The maximum absolute atomic E-state index is 12.3. The first kappa shape index (κ1) is 18.0. The molecular formula is C18H30O3. The van der Waals surface area contributed by atoms with E-state index in [1.165, 1.54) is 19.3 Å². The molecule has 0 saturated heterocycles. The van der Waals surface area contributed by atoms with Gasteiger partial charge in [0.25, 0.3) is 0 Å². The highest BCUT2D eigenvalue weighted by molar-refractivity contribution is 5.91. The van der Waals surface area contributed by atoms with Crippen LogP contribution in [-0.2, 0) is 14.3 Å². The van der Waals surface area contributed by atoms with E-state index in [4.69, 9.17) is 9.47 Å². The molecule has 21 heavy (non-hydrogen) atoms. The number of esters is 1. The third-order valence-electron chi connectivity index (χ3n) is 3.64. The minimum absolute atomic E-state index is 0.153. The summed E-state index contributed by atoms with van der Waals surface area (Å²) in [5.41, 5.74) is 1.67. The lowest BCUT2D eigenvalue weighted by atomic mass is 9.97. The largest absolute Gasteiger partial charge is 0.432 e. The van der Waals surface area contributed by atoms with Gasteiger partial charge in [-0.3, -0.25) is 0 Å². The molecule has 3 heteroatoms. The molecule has 1 aliphatic rings. The van der Waals surface area contributed by atoms with Gasteiger partial charge >= 0.3 is 5.97 Å². The third kappa shape index (κ3) is 6.47. The number of hydrogen-bond acceptors (Lipinski definition) is 3. The molecule has 1 aliphatic carbocycles. The van der Waals surface area contributed by atoms with Gasteiger partial charge < -0.3 is 9.47 Å². The van der Waals surface area contributed by atoms with Gasteiger partial charge in [0, 0.05) is 5.92 Å². The van der Waals surface area contributed by atoms with E-state index in [2.05, 4.69) is 0 Å². The first-order valence-corrected chi connectivity index (χ1v) is 8.11. The van der Waals surface area contributed by atoms with Crippen LogP contribution in [0.25, 0.3) is 0 Å². The summed E-state index contributed by atoms with van der Waals surface area (Å²) >= 11 is 0. The van der Waals surface area contributed by atoms with Gasteiger partial charge in [-0.15, -0.1) is 0 Å². The molecule has 0 radical (unpaired) electrons. The number of allylic oxidation sites excluding steroid dienone is 2. The minimum Gasteiger partial charge on any atom is -0.432 e. The summed E-state index contributed by atoms with van der Waals surface area (Å²) in [4.78, 5) is 12.3. The van der Waals surface area contributed by atoms with Crippen LogP contribution in [0.1, 0.15) is 66.7 Å². The maximum Gasteiger partial charge on any atom is 0.340 e. The average Bonchev–Trinajstić information content (AvgIpc) is 2.44. The highest BCUT2D eigenvalue weighted by Gasteiger charge is 2.25. The van der Waals surface area contributed by atoms with Gasteiger partial charge in [-0.1, -0.05) is 44.8 Å². The SMILES string of the molecule is C/C=C(\C=C(C)C)C(=O)OC(OC1CCCCC1)C(C)C. The van der Waals surface area contributed by atoms with Crippen molar-refractivity contribution < 1.29 is 14.3 Å². The van der Waals surface area contributed by atoms with E-state index in [-0.39, 0.29) is 18.0 Å². The fourth-order valence-electron chi connectivity index (χ4n) is 2.46. The van der Waals surface area contributed by atoms with Crippen molar-refractivity contribution in [2.45, 2.75) is 79.1 Å². The first-order valence-electron chi connectivity index (χ1n) is 8.11. The molecule has 1 atom stereocenters. The zero-order valence-electron chi connectivity index (χ0n) is 14.1. The summed E-state index contributed by atoms with van der Waals surface area (Å²) in [6, 6.07) is 0. The van der Waals surface area contributed by atoms with Crippen LogP contribution in [0.3, 0.4) is 0 Å². The van der Waals surface area contributed by atoms with E-state index in [0.29, 0.717) is 5.57 Å². The number of rotatable bonds is 6. The molecular weight excluding hydrogens is 264 g/mol. The summed E-state index contributed by atoms with van der Waals surface area (Å²) in [7, 11) is 0. The molecule has 0 aromatic rings. The monoisotopic (exact) mass is 294 g/mol. The molecule has 1 rings (SSSR count). The van der Waals surface area contributed by atoms with Crippen LogP contribution in [0.15, 0.2) is 23.3 Å². The molecule has 0 bridgehead atoms. The van der Waals surface area contributed by atoms with Gasteiger partial charge in [0.05, 0.1) is 11.7 Å². The van der Waals surface area contributed by atoms with E-state index >= 15 is 0 Å². The molecule has 1 unspecified atom stereocenters. The Kier molecular flexibility index (Phi) is 7.73. The first-order chi connectivity index (χ1) is 9.93. The van der Waals surface area contributed by atoms with Gasteiger partial charge in [-0.05, 0) is 39.7 Å². The van der Waals surface area contributed by atoms with Gasteiger partial charge in [0.2, 0.25) is 6.29 Å². The Morgan fingerprint density at radius 3 is 2.24 bits per heavy atom. The van der Waals surface area contributed by atoms with Crippen LogP contribution >= 0.6 is 0 Å². The predicted octanol–water partition coefficient (Wildman–Crippen LogP) is 4.77. The van der Waals surface area contributed by atoms with Crippen molar-refractivity contribution in [2.24, 2.45) is 5.92 Å². The average molecular weight is 294 g/mol. The lowest BCUT2D eigenvalue weighted by molar-refractivity contribution is -0.201. The number of carbonyl (C=O) groups is 1. The van der Waals surface area contributed by atoms with Gasteiger partial charge in [-0.2, -0.15) is 0 Å². The Morgan fingerprint density at radius 2 is 1.76 bits per heavy atom. The summed E-state index contributed by atoms with van der Waals surface area (Å²) in [6.45, 7) is 9.83. The summed E-state index contributed by atoms with van der Waals surface area (Å²) in [5.74, 6) is -0.145. The Morgan fingerprint density at radius 1 is 1.14 bits per heavy atom. The lowest BCUT2D eigenvalue weighted by Gasteiger charge is -2.29. The fraction of sp³-hybridized carbons (Fsp3) is 0.722. The van der Waals surface area contributed by atoms with Crippen LogP contribution in [0.4, 0.5) is 0 Å². The van der Waals surface area contributed by atoms with Crippen molar-refractivity contribution in [3.63, 3.8) is 0 Å². The summed E-state index contributed by atoms with van der Waals surface area (Å²) < 4.78 is 11.6. The molecule has 0 aromatic carbocycles. The van der Waals surface area contributed by atoms with Crippen LogP contribution in [0.5, 0.6) is 0 Å². The number of carbonyl (C=O) groups excluding carboxylic acids is 1. The second-order valence-electron chi connectivity index (χ2n) is 6.38. The standard InChI is InChI=1S/C18H30O3/c1-6-15(12-13(2)3)17(19)21-18(14(4)5)20-16-10-8-7-9-11-16/h6,12,14,16,18H,7-11H2,1-5H3/b15-6+. The summed E-state index contributed by atoms with van der Waals surface area (Å²) in [5, 5.41) is 0. The molecule has 120 valence electrons. The van der Waals surface area contributed by atoms with Gasteiger partial charge in [0.1, 0.15) is 0 Å². The topological polar surface area (TPSA) is 35.5 Å². The Balaban J connectivity index is 2.64. The fourth-order valence-corrected chi connectivity index (χ4v) is 2.46. The van der Waals surface area contributed by atoms with Crippen molar-refractivity contribution in [3.05, 3.63) is 23.3 Å². The molecule has 0 N–H and O–H groups in total. The van der Waals surface area contributed by atoms with E-state index < -0.39 is 6.29 Å². The molecule has 0 aromatic heterocycles. The Labute approximate surface area is 129 Å². The number of hydrogen-bond donors (Lipinski definition) is 0. The lowest BCUT2D eigenvalue weighted by Crippen LogP contribution is -2.32. The van der Waals surface area contributed by atoms with Crippen LogP contribution in [0, 0.1) is 5.92 Å². The smallest absolute Gasteiger partial charge is 0.340 e. The van der Waals surface area contributed by atoms with Crippen molar-refractivity contribution in [2.75, 3.05) is 0 Å². The van der Waals surface area contributed by atoms with Gasteiger partial charge in [0.15, 0.2) is 0 Å². The van der Waals surface area contributed by atoms with E-state index in [1.54, 1.807) is 6.08 Å². The highest BCUT2D eigenvalue weighted by atomic mass is 16.7. The van der Waals surface area contributed by atoms with Crippen LogP contribution in [-0.4, -0.2) is 18.4 Å². The third-order valence-corrected chi connectivity index (χ3v) is 3.64. The molecule has 1 fully saturated rings. The predicted molar refractivity (Wildman–Crippen MR) is 85.9 cm³/mol. The van der Waals surface area contributed by atoms with Crippen LogP contribution < -0.4 is 0 Å². The Bertz CT molecular complexity index is 383. The quantitative estimate of drug-likeness (QED) is 0.306. The minimum atomic E-state index is -0.457. The maximum atomic E-state index is 12.3. The van der Waals surface area contributed by atoms with E-state index in [9.17, 15) is 4.79 Å². The molecule has 0 heterocycles. The van der Waals surface area contributed by atoms with Crippen molar-refractivity contribution in [1.29, 1.82) is 0 Å².